The van der Waals surface area contributed by atoms with Gasteiger partial charge < -0.3 is 5.11 Å². The predicted octanol–water partition coefficient (Wildman–Crippen LogP) is 3.16. The van der Waals surface area contributed by atoms with E-state index in [2.05, 4.69) is 31.6 Å². The number of nitrogens with one attached hydrogen (secondary N) is 1. The number of carbonyl (C=O) groups is 1. The topological polar surface area (TPSA) is 79.5 Å². The lowest BCUT2D eigenvalue weighted by molar-refractivity contribution is 0.0949. The fourth-order valence-electron chi connectivity index (χ4n) is 2.18. The van der Waals surface area contributed by atoms with Crippen molar-refractivity contribution in [2.75, 3.05) is 0 Å². The van der Waals surface area contributed by atoms with Crippen LogP contribution in [0.2, 0.25) is 0 Å². The highest BCUT2D eigenvalue weighted by atomic mass is 79.9. The van der Waals surface area contributed by atoms with Crippen LogP contribution in [0.5, 0.6) is 5.75 Å². The molecular formula is C18H15BrN4O2. The highest BCUT2D eigenvalue weighted by Gasteiger charge is 2.08. The Morgan fingerprint density at radius 1 is 1.24 bits per heavy atom. The molecule has 0 aliphatic rings. The predicted molar refractivity (Wildman–Crippen MR) is 98.6 cm³/mol. The van der Waals surface area contributed by atoms with E-state index in [1.807, 2.05) is 24.3 Å². The molecule has 3 rings (SSSR count). The average molecular weight is 399 g/mol. The van der Waals surface area contributed by atoms with E-state index >= 15 is 0 Å². The number of aromatic hydroxyl groups is 1. The minimum atomic E-state index is -0.386. The lowest BCUT2D eigenvalue weighted by Crippen LogP contribution is -2.18. The minimum absolute atomic E-state index is 0.178. The molecule has 0 bridgehead atoms. The second-order valence-corrected chi connectivity index (χ2v) is 6.23. The smallest absolute Gasteiger partial charge is 0.291 e. The van der Waals surface area contributed by atoms with Gasteiger partial charge >= 0.3 is 0 Å². The van der Waals surface area contributed by atoms with Gasteiger partial charge in [0.25, 0.3) is 5.91 Å². The summed E-state index contributed by atoms with van der Waals surface area (Å²) in [6, 6.07) is 16.0. The number of hydrogen-bond acceptors (Lipinski definition) is 4. The summed E-state index contributed by atoms with van der Waals surface area (Å²) in [5.41, 5.74) is 4.56. The second kappa shape index (κ2) is 7.76. The third-order valence-corrected chi connectivity index (χ3v) is 3.87. The summed E-state index contributed by atoms with van der Waals surface area (Å²) >= 11 is 3.43. The van der Waals surface area contributed by atoms with Crippen molar-refractivity contribution >= 4 is 28.1 Å². The molecule has 1 heterocycles. The van der Waals surface area contributed by atoms with E-state index in [4.69, 9.17) is 0 Å². The third-order valence-electron chi connectivity index (χ3n) is 3.38. The monoisotopic (exact) mass is 398 g/mol. The van der Waals surface area contributed by atoms with E-state index < -0.39 is 0 Å². The molecule has 7 heteroatoms. The quantitative estimate of drug-likeness (QED) is 0.511. The van der Waals surface area contributed by atoms with Crippen LogP contribution in [0.3, 0.4) is 0 Å². The molecular weight excluding hydrogens is 384 g/mol. The van der Waals surface area contributed by atoms with Gasteiger partial charge in [0.1, 0.15) is 5.75 Å². The van der Waals surface area contributed by atoms with Gasteiger partial charge in [-0.2, -0.15) is 10.2 Å². The van der Waals surface area contributed by atoms with E-state index in [0.29, 0.717) is 6.54 Å². The van der Waals surface area contributed by atoms with Gasteiger partial charge in [-0.15, -0.1) is 0 Å². The summed E-state index contributed by atoms with van der Waals surface area (Å²) in [7, 11) is 0. The molecule has 0 spiro atoms. The van der Waals surface area contributed by atoms with Gasteiger partial charge in [-0.1, -0.05) is 28.1 Å². The number of benzene rings is 2. The maximum atomic E-state index is 12.1. The Bertz CT molecular complexity index is 903. The zero-order valence-corrected chi connectivity index (χ0v) is 14.7. The van der Waals surface area contributed by atoms with Crippen molar-refractivity contribution < 1.29 is 9.90 Å². The summed E-state index contributed by atoms with van der Waals surface area (Å²) in [5.74, 6) is -0.208. The van der Waals surface area contributed by atoms with Gasteiger partial charge in [0, 0.05) is 10.7 Å². The molecule has 0 unspecified atom stereocenters. The summed E-state index contributed by atoms with van der Waals surface area (Å²) < 4.78 is 2.69. The Balaban J connectivity index is 1.59. The van der Waals surface area contributed by atoms with E-state index in [1.165, 1.54) is 6.21 Å². The van der Waals surface area contributed by atoms with Crippen LogP contribution in [0.1, 0.15) is 21.6 Å². The fraction of sp³-hybridized carbons (Fsp3) is 0.0556. The molecule has 1 aromatic heterocycles. The Morgan fingerprint density at radius 3 is 2.80 bits per heavy atom. The highest BCUT2D eigenvalue weighted by molar-refractivity contribution is 9.10. The van der Waals surface area contributed by atoms with Crippen molar-refractivity contribution in [3.8, 4) is 5.75 Å². The number of hydrogen-bond donors (Lipinski definition) is 2. The molecule has 0 fully saturated rings. The van der Waals surface area contributed by atoms with Crippen molar-refractivity contribution in [1.29, 1.82) is 0 Å². The fourth-order valence-corrected chi connectivity index (χ4v) is 2.62. The van der Waals surface area contributed by atoms with Crippen molar-refractivity contribution in [3.05, 3.63) is 82.1 Å². The van der Waals surface area contributed by atoms with Crippen LogP contribution in [-0.2, 0) is 6.54 Å². The number of halogens is 1. The number of amides is 1. The average Bonchev–Trinajstić information content (AvgIpc) is 3.05. The van der Waals surface area contributed by atoms with Gasteiger partial charge in [0.05, 0.1) is 12.8 Å². The molecule has 0 aliphatic heterocycles. The first-order chi connectivity index (χ1) is 12.1. The number of phenolic OH excluding ortho intramolecular Hbond substituents is 1. The number of carbonyl (C=O) groups excluding carboxylic acids is 1. The first-order valence-corrected chi connectivity index (χ1v) is 8.30. The SMILES string of the molecule is O=C(N/N=C\c1ccc(O)cc1)c1ccn(Cc2cccc(Br)c2)n1. The first-order valence-electron chi connectivity index (χ1n) is 7.50. The van der Waals surface area contributed by atoms with Crippen LogP contribution in [0.15, 0.2) is 70.4 Å². The van der Waals surface area contributed by atoms with Gasteiger partial charge in [0.15, 0.2) is 5.69 Å². The highest BCUT2D eigenvalue weighted by Crippen LogP contribution is 2.12. The van der Waals surface area contributed by atoms with Crippen molar-refractivity contribution in [1.82, 2.24) is 15.2 Å². The lowest BCUT2D eigenvalue weighted by atomic mass is 10.2. The maximum absolute atomic E-state index is 12.1. The van der Waals surface area contributed by atoms with Crippen molar-refractivity contribution in [2.24, 2.45) is 5.10 Å². The molecule has 126 valence electrons. The summed E-state index contributed by atoms with van der Waals surface area (Å²) in [5, 5.41) is 17.4. The number of nitrogens with zero attached hydrogens (tertiary/aromatic N) is 3. The number of rotatable bonds is 5. The molecule has 2 N–H and O–H groups in total. The first kappa shape index (κ1) is 16.9. The summed E-state index contributed by atoms with van der Waals surface area (Å²) in [6.45, 7) is 0.573. The van der Waals surface area contributed by atoms with Gasteiger partial charge in [-0.3, -0.25) is 9.48 Å². The zero-order chi connectivity index (χ0) is 17.6. The molecule has 6 nitrogen and oxygen atoms in total. The van der Waals surface area contributed by atoms with E-state index in [9.17, 15) is 9.90 Å². The normalized spacial score (nSPS) is 10.9. The molecule has 0 aliphatic carbocycles. The Kier molecular flexibility index (Phi) is 5.25. The van der Waals surface area contributed by atoms with Crippen LogP contribution in [-0.4, -0.2) is 27.0 Å². The van der Waals surface area contributed by atoms with E-state index in [1.54, 1.807) is 41.2 Å². The molecule has 1 amide bonds. The number of aromatic nitrogens is 2. The van der Waals surface area contributed by atoms with Crippen LogP contribution in [0.25, 0.3) is 0 Å². The molecule has 0 saturated heterocycles. The lowest BCUT2D eigenvalue weighted by Gasteiger charge is -2.02. The van der Waals surface area contributed by atoms with Crippen molar-refractivity contribution in [3.63, 3.8) is 0 Å². The van der Waals surface area contributed by atoms with Crippen LogP contribution < -0.4 is 5.43 Å². The Hall–Kier alpha value is -2.93. The van der Waals surface area contributed by atoms with E-state index in [-0.39, 0.29) is 17.4 Å². The minimum Gasteiger partial charge on any atom is -0.508 e. The summed E-state index contributed by atoms with van der Waals surface area (Å²) in [6.07, 6.45) is 3.25. The zero-order valence-electron chi connectivity index (χ0n) is 13.1. The van der Waals surface area contributed by atoms with Crippen LogP contribution >= 0.6 is 15.9 Å². The summed E-state index contributed by atoms with van der Waals surface area (Å²) in [4.78, 5) is 12.1. The second-order valence-electron chi connectivity index (χ2n) is 5.32. The number of hydrazone groups is 1. The van der Waals surface area contributed by atoms with Gasteiger partial charge in [0.2, 0.25) is 0 Å². The van der Waals surface area contributed by atoms with E-state index in [0.717, 1.165) is 15.6 Å². The van der Waals surface area contributed by atoms with Gasteiger partial charge in [-0.25, -0.2) is 5.43 Å². The molecule has 0 atom stereocenters. The molecule has 0 saturated carbocycles. The van der Waals surface area contributed by atoms with Gasteiger partial charge in [-0.05, 0) is 53.6 Å². The molecule has 3 aromatic rings. The van der Waals surface area contributed by atoms with Crippen molar-refractivity contribution in [2.45, 2.75) is 6.54 Å². The molecule has 25 heavy (non-hydrogen) atoms. The Labute approximate surface area is 152 Å². The van der Waals surface area contributed by atoms with Crippen LogP contribution in [0.4, 0.5) is 0 Å². The van der Waals surface area contributed by atoms with Crippen LogP contribution in [0, 0.1) is 0 Å². The standard InChI is InChI=1S/C18H15BrN4O2/c19-15-3-1-2-14(10-15)12-23-9-8-17(22-23)18(25)21-20-11-13-4-6-16(24)7-5-13/h1-11,24H,12H2,(H,21,25)/b20-11-. The maximum Gasteiger partial charge on any atom is 0.291 e. The molecule has 2 aromatic carbocycles. The Morgan fingerprint density at radius 2 is 2.04 bits per heavy atom. The number of phenols is 1. The molecule has 0 radical (unpaired) electrons. The third kappa shape index (κ3) is 4.77. The largest absolute Gasteiger partial charge is 0.508 e.